The fourth-order valence-electron chi connectivity index (χ4n) is 4.22. The highest BCUT2D eigenvalue weighted by Crippen LogP contribution is 2.38. The Morgan fingerprint density at radius 2 is 1.40 bits per heavy atom. The van der Waals surface area contributed by atoms with Gasteiger partial charge in [-0.05, 0) is 30.6 Å². The Kier molecular flexibility index (Phi) is 10.5. The average Bonchev–Trinajstić information content (AvgIpc) is 2.49. The third-order valence-corrected chi connectivity index (χ3v) is 5.73. The summed E-state index contributed by atoms with van der Waals surface area (Å²) >= 11 is 0. The van der Waals surface area contributed by atoms with Crippen molar-refractivity contribution in [1.82, 2.24) is 0 Å². The fraction of sp³-hybridized carbons (Fsp3) is 1.00. The molecule has 1 aliphatic carbocycles. The zero-order valence-corrected chi connectivity index (χ0v) is 14.6. The molecule has 0 bridgehead atoms. The second-order valence-electron chi connectivity index (χ2n) is 7.29. The Labute approximate surface area is 129 Å². The smallest absolute Gasteiger partial charge is 0.0386 e. The first-order valence-electron chi connectivity index (χ1n) is 9.81. The number of unbranched alkanes of at least 4 members (excludes halogenated alkanes) is 5. The Balaban J connectivity index is 2.12. The summed E-state index contributed by atoms with van der Waals surface area (Å²) in [5.41, 5.74) is 0. The van der Waals surface area contributed by atoms with Crippen LogP contribution in [0.25, 0.3) is 0 Å². The first-order chi connectivity index (χ1) is 9.81. The third-order valence-electron chi connectivity index (χ3n) is 5.73. The molecule has 0 aromatic rings. The van der Waals surface area contributed by atoms with Crippen molar-refractivity contribution < 1.29 is 0 Å². The molecule has 0 aliphatic heterocycles. The van der Waals surface area contributed by atoms with Crippen LogP contribution in [0.5, 0.6) is 0 Å². The molecule has 1 saturated carbocycles. The van der Waals surface area contributed by atoms with Gasteiger partial charge in [-0.1, -0.05) is 97.8 Å². The van der Waals surface area contributed by atoms with Crippen LogP contribution in [0.2, 0.25) is 0 Å². The summed E-state index contributed by atoms with van der Waals surface area (Å²) in [4.78, 5) is 0. The van der Waals surface area contributed by atoms with Crippen molar-refractivity contribution >= 4 is 0 Å². The van der Waals surface area contributed by atoms with Gasteiger partial charge in [-0.3, -0.25) is 0 Å². The summed E-state index contributed by atoms with van der Waals surface area (Å²) in [7, 11) is 0. The molecule has 0 radical (unpaired) electrons. The van der Waals surface area contributed by atoms with E-state index in [4.69, 9.17) is 0 Å². The summed E-state index contributed by atoms with van der Waals surface area (Å²) in [6, 6.07) is 0. The summed E-state index contributed by atoms with van der Waals surface area (Å²) in [6.07, 6.45) is 20.7. The van der Waals surface area contributed by atoms with Gasteiger partial charge >= 0.3 is 0 Å². The standard InChI is InChI=1S/C20H40/c1-4-7-9-10-11-12-18-14-16-20(17-15-18)19(6-3)13-8-5-2/h18-20H,4-17H2,1-3H3. The highest BCUT2D eigenvalue weighted by molar-refractivity contribution is 4.77. The number of hydrogen-bond acceptors (Lipinski definition) is 0. The van der Waals surface area contributed by atoms with Crippen molar-refractivity contribution in [3.63, 3.8) is 0 Å². The van der Waals surface area contributed by atoms with Crippen molar-refractivity contribution in [2.75, 3.05) is 0 Å². The maximum atomic E-state index is 2.42. The van der Waals surface area contributed by atoms with Gasteiger partial charge in [0.05, 0.1) is 0 Å². The molecular weight excluding hydrogens is 240 g/mol. The molecule has 1 atom stereocenters. The zero-order chi connectivity index (χ0) is 14.6. The molecule has 0 aromatic heterocycles. The second-order valence-corrected chi connectivity index (χ2v) is 7.29. The molecule has 0 nitrogen and oxygen atoms in total. The van der Waals surface area contributed by atoms with E-state index in [0.29, 0.717) is 0 Å². The van der Waals surface area contributed by atoms with Crippen LogP contribution >= 0.6 is 0 Å². The van der Waals surface area contributed by atoms with Crippen LogP contribution in [0.15, 0.2) is 0 Å². The van der Waals surface area contributed by atoms with Crippen LogP contribution in [0, 0.1) is 17.8 Å². The lowest BCUT2D eigenvalue weighted by Gasteiger charge is -2.33. The molecule has 0 heterocycles. The van der Waals surface area contributed by atoms with Crippen LogP contribution in [-0.2, 0) is 0 Å². The summed E-state index contributed by atoms with van der Waals surface area (Å²) in [5, 5.41) is 0. The maximum absolute atomic E-state index is 2.42. The van der Waals surface area contributed by atoms with Gasteiger partial charge in [0, 0.05) is 0 Å². The van der Waals surface area contributed by atoms with Crippen molar-refractivity contribution in [3.8, 4) is 0 Å². The Hall–Kier alpha value is 0. The molecule has 120 valence electrons. The van der Waals surface area contributed by atoms with E-state index >= 15 is 0 Å². The van der Waals surface area contributed by atoms with E-state index < -0.39 is 0 Å². The third kappa shape index (κ3) is 7.14. The average molecular weight is 281 g/mol. The van der Waals surface area contributed by atoms with Gasteiger partial charge in [0.1, 0.15) is 0 Å². The van der Waals surface area contributed by atoms with E-state index in [9.17, 15) is 0 Å². The first kappa shape index (κ1) is 18.1. The monoisotopic (exact) mass is 280 g/mol. The van der Waals surface area contributed by atoms with E-state index in [-0.39, 0.29) is 0 Å². The number of rotatable bonds is 11. The lowest BCUT2D eigenvalue weighted by Crippen LogP contribution is -2.21. The molecule has 0 amide bonds. The van der Waals surface area contributed by atoms with E-state index in [0.717, 1.165) is 17.8 Å². The van der Waals surface area contributed by atoms with E-state index in [1.54, 1.807) is 25.7 Å². The molecule has 1 fully saturated rings. The van der Waals surface area contributed by atoms with Gasteiger partial charge in [-0.25, -0.2) is 0 Å². The SMILES string of the molecule is CCCCCCCC1CCC(C(CC)CCCC)CC1. The van der Waals surface area contributed by atoms with Gasteiger partial charge in [0.25, 0.3) is 0 Å². The molecule has 0 aromatic carbocycles. The van der Waals surface area contributed by atoms with E-state index in [1.807, 2.05) is 0 Å². The molecule has 1 unspecified atom stereocenters. The Bertz CT molecular complexity index is 200. The maximum Gasteiger partial charge on any atom is -0.0386 e. The van der Waals surface area contributed by atoms with Gasteiger partial charge < -0.3 is 0 Å². The normalized spacial score (nSPS) is 24.8. The lowest BCUT2D eigenvalue weighted by molar-refractivity contribution is 0.182. The van der Waals surface area contributed by atoms with Gasteiger partial charge in [0.2, 0.25) is 0 Å². The minimum Gasteiger partial charge on any atom is -0.0654 e. The minimum atomic E-state index is 1.04. The number of hydrogen-bond donors (Lipinski definition) is 0. The van der Waals surface area contributed by atoms with Crippen LogP contribution in [-0.4, -0.2) is 0 Å². The summed E-state index contributed by atoms with van der Waals surface area (Å²) in [6.45, 7) is 7.06. The molecule has 0 saturated heterocycles. The molecule has 1 rings (SSSR count). The van der Waals surface area contributed by atoms with Gasteiger partial charge in [-0.2, -0.15) is 0 Å². The predicted octanol–water partition coefficient (Wildman–Crippen LogP) is 7.37. The molecule has 0 spiro atoms. The summed E-state index contributed by atoms with van der Waals surface area (Å²) in [5.74, 6) is 3.19. The Morgan fingerprint density at radius 3 is 2.00 bits per heavy atom. The first-order valence-corrected chi connectivity index (χ1v) is 9.81. The second kappa shape index (κ2) is 11.6. The van der Waals surface area contributed by atoms with Crippen LogP contribution in [0.4, 0.5) is 0 Å². The molecular formula is C20H40. The van der Waals surface area contributed by atoms with Crippen LogP contribution in [0.3, 0.4) is 0 Å². The van der Waals surface area contributed by atoms with Crippen molar-refractivity contribution in [2.24, 2.45) is 17.8 Å². The minimum absolute atomic E-state index is 1.04. The quantitative estimate of drug-likeness (QED) is 0.346. The zero-order valence-electron chi connectivity index (χ0n) is 14.6. The fourth-order valence-corrected chi connectivity index (χ4v) is 4.22. The van der Waals surface area contributed by atoms with Crippen molar-refractivity contribution in [2.45, 2.75) is 111 Å². The van der Waals surface area contributed by atoms with Crippen molar-refractivity contribution in [1.29, 1.82) is 0 Å². The van der Waals surface area contributed by atoms with Gasteiger partial charge in [-0.15, -0.1) is 0 Å². The molecule has 0 N–H and O–H groups in total. The largest absolute Gasteiger partial charge is 0.0654 e. The topological polar surface area (TPSA) is 0 Å². The van der Waals surface area contributed by atoms with Gasteiger partial charge in [0.15, 0.2) is 0 Å². The Morgan fingerprint density at radius 1 is 0.750 bits per heavy atom. The van der Waals surface area contributed by atoms with Crippen LogP contribution < -0.4 is 0 Å². The molecule has 0 heteroatoms. The van der Waals surface area contributed by atoms with E-state index in [2.05, 4.69) is 20.8 Å². The lowest BCUT2D eigenvalue weighted by atomic mass is 9.72. The predicted molar refractivity (Wildman–Crippen MR) is 92.1 cm³/mol. The highest BCUT2D eigenvalue weighted by atomic mass is 14.3. The van der Waals surface area contributed by atoms with E-state index in [1.165, 1.54) is 64.2 Å². The summed E-state index contributed by atoms with van der Waals surface area (Å²) < 4.78 is 0. The highest BCUT2D eigenvalue weighted by Gasteiger charge is 2.25. The molecule has 1 aliphatic rings. The molecule has 20 heavy (non-hydrogen) atoms. The van der Waals surface area contributed by atoms with Crippen molar-refractivity contribution in [3.05, 3.63) is 0 Å². The van der Waals surface area contributed by atoms with Crippen LogP contribution in [0.1, 0.15) is 111 Å².